The lowest BCUT2D eigenvalue weighted by molar-refractivity contribution is -0.120. The number of hydrogen-bond donors (Lipinski definition) is 2. The summed E-state index contributed by atoms with van der Waals surface area (Å²) in [5.74, 6) is -0.592. The van der Waals surface area contributed by atoms with E-state index in [1.165, 1.54) is 12.3 Å². The van der Waals surface area contributed by atoms with Gasteiger partial charge in [-0.05, 0) is 29.8 Å². The second-order valence-electron chi connectivity index (χ2n) is 5.33. The lowest BCUT2D eigenvalue weighted by Crippen LogP contribution is -2.39. The van der Waals surface area contributed by atoms with E-state index in [0.717, 1.165) is 11.3 Å². The van der Waals surface area contributed by atoms with E-state index in [-0.39, 0.29) is 18.2 Å². The summed E-state index contributed by atoms with van der Waals surface area (Å²) >= 11 is 0. The Morgan fingerprint density at radius 2 is 1.80 bits per heavy atom. The van der Waals surface area contributed by atoms with Crippen LogP contribution in [0.15, 0.2) is 77.5 Å². The zero-order chi connectivity index (χ0) is 17.5. The first kappa shape index (κ1) is 16.4. The second-order valence-corrected chi connectivity index (χ2v) is 5.33. The van der Waals surface area contributed by atoms with Gasteiger partial charge in [-0.2, -0.15) is 0 Å². The van der Waals surface area contributed by atoms with Gasteiger partial charge in [0.1, 0.15) is 0 Å². The molecule has 0 bridgehead atoms. The zero-order valence-electron chi connectivity index (χ0n) is 13.4. The Bertz CT molecular complexity index is 778. The number of pyridine rings is 1. The third-order valence-electron chi connectivity index (χ3n) is 3.58. The summed E-state index contributed by atoms with van der Waals surface area (Å²) in [6.45, 7) is -0.157. The summed E-state index contributed by atoms with van der Waals surface area (Å²) in [4.78, 5) is 28.5. The molecule has 6 heteroatoms. The number of nitrogens with zero attached hydrogens (tertiary/aromatic N) is 1. The molecule has 1 aromatic carbocycles. The average molecular weight is 335 g/mol. The summed E-state index contributed by atoms with van der Waals surface area (Å²) in [7, 11) is 0. The Labute approximate surface area is 144 Å². The van der Waals surface area contributed by atoms with E-state index >= 15 is 0 Å². The van der Waals surface area contributed by atoms with E-state index in [1.807, 2.05) is 48.5 Å². The lowest BCUT2D eigenvalue weighted by atomic mass is 10.0. The van der Waals surface area contributed by atoms with Gasteiger partial charge in [0.2, 0.25) is 5.91 Å². The van der Waals surface area contributed by atoms with Crippen molar-refractivity contribution in [3.05, 3.63) is 90.1 Å². The van der Waals surface area contributed by atoms with Crippen LogP contribution in [0.1, 0.15) is 27.9 Å². The molecular formula is C19H17N3O3. The molecule has 0 fully saturated rings. The van der Waals surface area contributed by atoms with Crippen LogP contribution in [0.25, 0.3) is 0 Å². The number of aromatic nitrogens is 1. The third-order valence-corrected chi connectivity index (χ3v) is 3.58. The minimum atomic E-state index is -0.436. The van der Waals surface area contributed by atoms with E-state index < -0.39 is 11.9 Å². The average Bonchev–Trinajstić information content (AvgIpc) is 3.20. The van der Waals surface area contributed by atoms with Gasteiger partial charge >= 0.3 is 0 Å². The first-order chi connectivity index (χ1) is 12.2. The quantitative estimate of drug-likeness (QED) is 0.724. The van der Waals surface area contributed by atoms with Gasteiger partial charge in [-0.3, -0.25) is 14.6 Å². The predicted molar refractivity (Wildman–Crippen MR) is 91.7 cm³/mol. The molecule has 2 aromatic heterocycles. The van der Waals surface area contributed by atoms with Crippen LogP contribution in [0.3, 0.4) is 0 Å². The molecular weight excluding hydrogens is 318 g/mol. The Balaban J connectivity index is 1.68. The Morgan fingerprint density at radius 3 is 2.48 bits per heavy atom. The SMILES string of the molecule is O=C(CNC(=O)c1ccco1)NC(c1ccccc1)c1ccccn1. The standard InChI is InChI=1S/C19H17N3O3/c23-17(13-21-19(24)16-10-6-12-25-16)22-18(14-7-2-1-3-8-14)15-9-4-5-11-20-15/h1-12,18H,13H2,(H,21,24)(H,22,23). The van der Waals surface area contributed by atoms with Gasteiger partial charge in [0, 0.05) is 6.20 Å². The summed E-state index contributed by atoms with van der Waals surface area (Å²) in [5.41, 5.74) is 1.63. The highest BCUT2D eigenvalue weighted by Crippen LogP contribution is 2.19. The molecule has 126 valence electrons. The summed E-state index contributed by atoms with van der Waals surface area (Å²) in [6, 6.07) is 17.8. The maximum atomic E-state index is 12.3. The molecule has 2 N–H and O–H groups in total. The second kappa shape index (κ2) is 7.92. The third kappa shape index (κ3) is 4.32. The smallest absolute Gasteiger partial charge is 0.287 e. The Morgan fingerprint density at radius 1 is 1.00 bits per heavy atom. The van der Waals surface area contributed by atoms with Gasteiger partial charge in [-0.25, -0.2) is 0 Å². The van der Waals surface area contributed by atoms with Crippen molar-refractivity contribution in [2.45, 2.75) is 6.04 Å². The van der Waals surface area contributed by atoms with Gasteiger partial charge in [0.05, 0.1) is 24.5 Å². The largest absolute Gasteiger partial charge is 0.459 e. The van der Waals surface area contributed by atoms with Crippen molar-refractivity contribution in [1.29, 1.82) is 0 Å². The van der Waals surface area contributed by atoms with Gasteiger partial charge in [0.25, 0.3) is 5.91 Å². The molecule has 3 rings (SSSR count). The normalized spacial score (nSPS) is 11.5. The van der Waals surface area contributed by atoms with Gasteiger partial charge in [-0.15, -0.1) is 0 Å². The molecule has 0 aliphatic heterocycles. The van der Waals surface area contributed by atoms with E-state index in [4.69, 9.17) is 4.42 Å². The van der Waals surface area contributed by atoms with Gasteiger partial charge < -0.3 is 15.1 Å². The van der Waals surface area contributed by atoms with Crippen LogP contribution in [-0.4, -0.2) is 23.3 Å². The molecule has 0 saturated heterocycles. The van der Waals surface area contributed by atoms with Crippen molar-refractivity contribution in [2.75, 3.05) is 6.54 Å². The fourth-order valence-corrected chi connectivity index (χ4v) is 2.39. The monoisotopic (exact) mass is 335 g/mol. The molecule has 25 heavy (non-hydrogen) atoms. The van der Waals surface area contributed by atoms with Crippen LogP contribution >= 0.6 is 0 Å². The van der Waals surface area contributed by atoms with Crippen molar-refractivity contribution in [3.8, 4) is 0 Å². The number of amides is 2. The highest BCUT2D eigenvalue weighted by molar-refractivity contribution is 5.94. The number of nitrogens with one attached hydrogen (secondary N) is 2. The van der Waals surface area contributed by atoms with Gasteiger partial charge in [0.15, 0.2) is 5.76 Å². The molecule has 0 radical (unpaired) electrons. The zero-order valence-corrected chi connectivity index (χ0v) is 13.4. The van der Waals surface area contributed by atoms with Gasteiger partial charge in [-0.1, -0.05) is 36.4 Å². The first-order valence-electron chi connectivity index (χ1n) is 7.81. The lowest BCUT2D eigenvalue weighted by Gasteiger charge is -2.19. The fourth-order valence-electron chi connectivity index (χ4n) is 2.39. The number of benzene rings is 1. The van der Waals surface area contributed by atoms with Crippen LogP contribution in [-0.2, 0) is 4.79 Å². The first-order valence-corrected chi connectivity index (χ1v) is 7.81. The minimum absolute atomic E-state index is 0.157. The number of carbonyl (C=O) groups is 2. The molecule has 6 nitrogen and oxygen atoms in total. The van der Waals surface area contributed by atoms with E-state index in [0.29, 0.717) is 0 Å². The van der Waals surface area contributed by atoms with Crippen LogP contribution in [0.2, 0.25) is 0 Å². The molecule has 3 aromatic rings. The maximum absolute atomic E-state index is 12.3. The van der Waals surface area contributed by atoms with Crippen molar-refractivity contribution >= 4 is 11.8 Å². The van der Waals surface area contributed by atoms with Crippen molar-refractivity contribution in [1.82, 2.24) is 15.6 Å². The predicted octanol–water partition coefficient (Wildman–Crippen LogP) is 2.31. The molecule has 1 unspecified atom stereocenters. The molecule has 2 amide bonds. The summed E-state index contributed by atoms with van der Waals surface area (Å²) < 4.78 is 4.99. The van der Waals surface area contributed by atoms with Crippen LogP contribution < -0.4 is 10.6 Å². The summed E-state index contributed by atoms with van der Waals surface area (Å²) in [6.07, 6.45) is 3.08. The summed E-state index contributed by atoms with van der Waals surface area (Å²) in [5, 5.41) is 5.43. The van der Waals surface area contributed by atoms with Crippen molar-refractivity contribution in [2.24, 2.45) is 0 Å². The number of furan rings is 1. The number of carbonyl (C=O) groups excluding carboxylic acids is 2. The molecule has 0 aliphatic rings. The van der Waals surface area contributed by atoms with Crippen molar-refractivity contribution < 1.29 is 14.0 Å². The number of hydrogen-bond acceptors (Lipinski definition) is 4. The van der Waals surface area contributed by atoms with Crippen molar-refractivity contribution in [3.63, 3.8) is 0 Å². The molecule has 0 spiro atoms. The topological polar surface area (TPSA) is 84.2 Å². The molecule has 2 heterocycles. The highest BCUT2D eigenvalue weighted by Gasteiger charge is 2.18. The molecule has 0 saturated carbocycles. The minimum Gasteiger partial charge on any atom is -0.459 e. The van der Waals surface area contributed by atoms with Crippen LogP contribution in [0.5, 0.6) is 0 Å². The maximum Gasteiger partial charge on any atom is 0.287 e. The highest BCUT2D eigenvalue weighted by atomic mass is 16.3. The van der Waals surface area contributed by atoms with Crippen LogP contribution in [0, 0.1) is 0 Å². The van der Waals surface area contributed by atoms with E-state index in [1.54, 1.807) is 12.3 Å². The molecule has 1 atom stereocenters. The van der Waals surface area contributed by atoms with E-state index in [2.05, 4.69) is 15.6 Å². The Hall–Kier alpha value is -3.41. The molecule has 0 aliphatic carbocycles. The number of rotatable bonds is 6. The Kier molecular flexibility index (Phi) is 5.21. The van der Waals surface area contributed by atoms with E-state index in [9.17, 15) is 9.59 Å². The fraction of sp³-hybridized carbons (Fsp3) is 0.105. The van der Waals surface area contributed by atoms with Crippen LogP contribution in [0.4, 0.5) is 0 Å².